The molecule has 0 fully saturated rings. The van der Waals surface area contributed by atoms with E-state index in [0.717, 1.165) is 23.4 Å². The first kappa shape index (κ1) is 14.1. The molecular formula is C14H16F2N2S. The molecule has 1 aromatic carbocycles. The van der Waals surface area contributed by atoms with Crippen molar-refractivity contribution in [2.45, 2.75) is 25.8 Å². The molecule has 1 atom stereocenters. The molecule has 0 aliphatic heterocycles. The Labute approximate surface area is 115 Å². The largest absolute Gasteiger partial charge is 0.271 e. The van der Waals surface area contributed by atoms with Crippen molar-refractivity contribution in [3.05, 3.63) is 57.3 Å². The zero-order valence-corrected chi connectivity index (χ0v) is 11.4. The summed E-state index contributed by atoms with van der Waals surface area (Å²) in [5.41, 5.74) is 4.21. The van der Waals surface area contributed by atoms with Gasteiger partial charge in [0, 0.05) is 4.88 Å². The molecule has 0 aliphatic rings. The van der Waals surface area contributed by atoms with Crippen LogP contribution < -0.4 is 11.3 Å². The van der Waals surface area contributed by atoms with Crippen LogP contribution in [-0.4, -0.2) is 0 Å². The third-order valence-electron chi connectivity index (χ3n) is 3.11. The predicted molar refractivity (Wildman–Crippen MR) is 73.8 cm³/mol. The van der Waals surface area contributed by atoms with Crippen molar-refractivity contribution in [1.82, 2.24) is 5.43 Å². The summed E-state index contributed by atoms with van der Waals surface area (Å²) in [6.45, 7) is 2.06. The van der Waals surface area contributed by atoms with Gasteiger partial charge in [-0.15, -0.1) is 11.3 Å². The maximum absolute atomic E-state index is 13.7. The zero-order valence-electron chi connectivity index (χ0n) is 10.6. The third-order valence-corrected chi connectivity index (χ3v) is 4.18. The first-order valence-electron chi connectivity index (χ1n) is 6.12. The Balaban J connectivity index is 2.26. The SMILES string of the molecule is CCc1ccsc1C(Cc1cc(F)ccc1F)NN. The Morgan fingerprint density at radius 1 is 1.26 bits per heavy atom. The van der Waals surface area contributed by atoms with Crippen LogP contribution in [0.4, 0.5) is 8.78 Å². The molecule has 0 amide bonds. The van der Waals surface area contributed by atoms with Gasteiger partial charge in [0.1, 0.15) is 11.6 Å². The van der Waals surface area contributed by atoms with E-state index in [2.05, 4.69) is 12.3 Å². The Morgan fingerprint density at radius 3 is 2.74 bits per heavy atom. The molecule has 2 rings (SSSR count). The van der Waals surface area contributed by atoms with Crippen molar-refractivity contribution in [2.24, 2.45) is 5.84 Å². The lowest BCUT2D eigenvalue weighted by atomic mass is 10.0. The standard InChI is InChI=1S/C14H16F2N2S/c1-2-9-5-6-19-14(9)13(18-17)8-10-7-11(15)3-4-12(10)16/h3-7,13,18H,2,8,17H2,1H3. The van der Waals surface area contributed by atoms with Crippen LogP contribution in [-0.2, 0) is 12.8 Å². The van der Waals surface area contributed by atoms with E-state index < -0.39 is 11.6 Å². The van der Waals surface area contributed by atoms with Crippen LogP contribution in [0.5, 0.6) is 0 Å². The van der Waals surface area contributed by atoms with Crippen LogP contribution in [0.25, 0.3) is 0 Å². The van der Waals surface area contributed by atoms with Gasteiger partial charge in [-0.25, -0.2) is 8.78 Å². The van der Waals surface area contributed by atoms with Crippen molar-refractivity contribution >= 4 is 11.3 Å². The van der Waals surface area contributed by atoms with Crippen LogP contribution in [0.3, 0.4) is 0 Å². The molecule has 2 nitrogen and oxygen atoms in total. The third kappa shape index (κ3) is 3.18. The molecule has 0 bridgehead atoms. The van der Waals surface area contributed by atoms with E-state index in [1.165, 1.54) is 11.6 Å². The predicted octanol–water partition coefficient (Wildman–Crippen LogP) is 3.34. The van der Waals surface area contributed by atoms with Gasteiger partial charge in [-0.2, -0.15) is 0 Å². The van der Waals surface area contributed by atoms with Gasteiger partial charge in [-0.05, 0) is 53.6 Å². The minimum atomic E-state index is -0.436. The van der Waals surface area contributed by atoms with Gasteiger partial charge in [-0.3, -0.25) is 11.3 Å². The first-order valence-corrected chi connectivity index (χ1v) is 7.00. The van der Waals surface area contributed by atoms with Gasteiger partial charge < -0.3 is 0 Å². The monoisotopic (exact) mass is 282 g/mol. The summed E-state index contributed by atoms with van der Waals surface area (Å²) >= 11 is 1.58. The van der Waals surface area contributed by atoms with Gasteiger partial charge in [0.25, 0.3) is 0 Å². The molecule has 0 radical (unpaired) electrons. The summed E-state index contributed by atoms with van der Waals surface area (Å²) in [5.74, 6) is 4.72. The van der Waals surface area contributed by atoms with E-state index in [1.54, 1.807) is 11.3 Å². The van der Waals surface area contributed by atoms with E-state index in [9.17, 15) is 8.78 Å². The lowest BCUT2D eigenvalue weighted by molar-refractivity contribution is 0.526. The molecule has 102 valence electrons. The smallest absolute Gasteiger partial charge is 0.126 e. The van der Waals surface area contributed by atoms with E-state index in [4.69, 9.17) is 5.84 Å². The Bertz CT molecular complexity index is 554. The second-order valence-electron chi connectivity index (χ2n) is 4.32. The Kier molecular flexibility index (Phi) is 4.63. The van der Waals surface area contributed by atoms with E-state index in [-0.39, 0.29) is 6.04 Å². The number of rotatable bonds is 5. The van der Waals surface area contributed by atoms with E-state index in [1.807, 2.05) is 11.4 Å². The number of hydrazine groups is 1. The zero-order chi connectivity index (χ0) is 13.8. The molecular weight excluding hydrogens is 266 g/mol. The second-order valence-corrected chi connectivity index (χ2v) is 5.27. The van der Waals surface area contributed by atoms with Crippen molar-refractivity contribution in [2.75, 3.05) is 0 Å². The van der Waals surface area contributed by atoms with Gasteiger partial charge in [0.15, 0.2) is 0 Å². The van der Waals surface area contributed by atoms with E-state index >= 15 is 0 Å². The molecule has 5 heteroatoms. The Hall–Kier alpha value is -1.30. The van der Waals surface area contributed by atoms with Crippen LogP contribution in [0.2, 0.25) is 0 Å². The highest BCUT2D eigenvalue weighted by atomic mass is 32.1. The molecule has 0 spiro atoms. The molecule has 0 saturated carbocycles. The van der Waals surface area contributed by atoms with Crippen molar-refractivity contribution in [3.8, 4) is 0 Å². The van der Waals surface area contributed by atoms with Gasteiger partial charge in [0.05, 0.1) is 6.04 Å². The number of halogens is 2. The highest BCUT2D eigenvalue weighted by Gasteiger charge is 2.17. The average molecular weight is 282 g/mol. The molecule has 0 aliphatic carbocycles. The van der Waals surface area contributed by atoms with Crippen molar-refractivity contribution < 1.29 is 8.78 Å². The van der Waals surface area contributed by atoms with Crippen LogP contribution in [0, 0.1) is 11.6 Å². The van der Waals surface area contributed by atoms with Crippen LogP contribution in [0.1, 0.15) is 29.0 Å². The maximum Gasteiger partial charge on any atom is 0.126 e. The molecule has 1 aromatic heterocycles. The van der Waals surface area contributed by atoms with Crippen LogP contribution >= 0.6 is 11.3 Å². The molecule has 3 N–H and O–H groups in total. The fourth-order valence-corrected chi connectivity index (χ4v) is 3.15. The number of aryl methyl sites for hydroxylation is 1. The topological polar surface area (TPSA) is 38.0 Å². The highest BCUT2D eigenvalue weighted by molar-refractivity contribution is 7.10. The first-order chi connectivity index (χ1) is 9.15. The summed E-state index contributed by atoms with van der Waals surface area (Å²) in [6.07, 6.45) is 1.22. The fraction of sp³-hybridized carbons (Fsp3) is 0.286. The van der Waals surface area contributed by atoms with Gasteiger partial charge in [-0.1, -0.05) is 6.92 Å². The molecule has 0 saturated heterocycles. The number of benzene rings is 1. The van der Waals surface area contributed by atoms with Crippen LogP contribution in [0.15, 0.2) is 29.6 Å². The molecule has 2 aromatic rings. The lowest BCUT2D eigenvalue weighted by Gasteiger charge is -2.16. The van der Waals surface area contributed by atoms with Gasteiger partial charge in [0.2, 0.25) is 0 Å². The Morgan fingerprint density at radius 2 is 2.05 bits per heavy atom. The molecule has 1 unspecified atom stereocenters. The maximum atomic E-state index is 13.7. The highest BCUT2D eigenvalue weighted by Crippen LogP contribution is 2.28. The van der Waals surface area contributed by atoms with Gasteiger partial charge >= 0.3 is 0 Å². The minimum absolute atomic E-state index is 0.203. The summed E-state index contributed by atoms with van der Waals surface area (Å²) < 4.78 is 26.8. The average Bonchev–Trinajstić information content (AvgIpc) is 2.88. The number of hydrogen-bond donors (Lipinski definition) is 2. The normalized spacial score (nSPS) is 12.6. The van der Waals surface area contributed by atoms with Crippen molar-refractivity contribution in [3.63, 3.8) is 0 Å². The molecule has 19 heavy (non-hydrogen) atoms. The quantitative estimate of drug-likeness (QED) is 0.652. The summed E-state index contributed by atoms with van der Waals surface area (Å²) in [7, 11) is 0. The van der Waals surface area contributed by atoms with E-state index in [0.29, 0.717) is 12.0 Å². The number of thiophene rings is 1. The fourth-order valence-electron chi connectivity index (χ4n) is 2.09. The summed E-state index contributed by atoms with van der Waals surface area (Å²) in [6, 6.07) is 5.32. The second kappa shape index (κ2) is 6.23. The number of nitrogens with one attached hydrogen (secondary N) is 1. The lowest BCUT2D eigenvalue weighted by Crippen LogP contribution is -2.29. The minimum Gasteiger partial charge on any atom is -0.271 e. The number of nitrogens with two attached hydrogens (primary N) is 1. The summed E-state index contributed by atoms with van der Waals surface area (Å²) in [4.78, 5) is 1.08. The number of hydrogen-bond acceptors (Lipinski definition) is 3. The molecule has 1 heterocycles. The van der Waals surface area contributed by atoms with Crippen molar-refractivity contribution in [1.29, 1.82) is 0 Å². The summed E-state index contributed by atoms with van der Waals surface area (Å²) in [5, 5.41) is 1.99.